The molecule has 2 nitrogen and oxygen atoms in total. The lowest BCUT2D eigenvalue weighted by Gasteiger charge is -2.18. The van der Waals surface area contributed by atoms with E-state index in [2.05, 4.69) is 49.1 Å². The Labute approximate surface area is 116 Å². The van der Waals surface area contributed by atoms with Gasteiger partial charge in [-0.15, -0.1) is 0 Å². The summed E-state index contributed by atoms with van der Waals surface area (Å²) in [6.07, 6.45) is 1.09. The highest BCUT2D eigenvalue weighted by Gasteiger charge is 2.05. The van der Waals surface area contributed by atoms with Crippen LogP contribution in [0.5, 0.6) is 5.75 Å². The van der Waals surface area contributed by atoms with Crippen molar-refractivity contribution in [3.05, 3.63) is 42.0 Å². The van der Waals surface area contributed by atoms with E-state index in [1.165, 1.54) is 16.3 Å². The molecule has 2 aromatic carbocycles. The van der Waals surface area contributed by atoms with Crippen molar-refractivity contribution in [1.82, 2.24) is 4.90 Å². The second kappa shape index (κ2) is 6.58. The fourth-order valence-electron chi connectivity index (χ4n) is 2.48. The van der Waals surface area contributed by atoms with Gasteiger partial charge in [-0.2, -0.15) is 0 Å². The Morgan fingerprint density at radius 1 is 1.05 bits per heavy atom. The molecule has 0 aromatic heterocycles. The quantitative estimate of drug-likeness (QED) is 0.781. The van der Waals surface area contributed by atoms with Gasteiger partial charge in [0.2, 0.25) is 0 Å². The normalized spacial score (nSPS) is 11.2. The Morgan fingerprint density at radius 3 is 2.53 bits per heavy atom. The van der Waals surface area contributed by atoms with Crippen molar-refractivity contribution in [1.29, 1.82) is 0 Å². The second-order valence-corrected chi connectivity index (χ2v) is 4.78. The fourth-order valence-corrected chi connectivity index (χ4v) is 2.48. The van der Waals surface area contributed by atoms with Crippen molar-refractivity contribution in [2.45, 2.75) is 20.3 Å². The minimum atomic E-state index is 0.933. The van der Waals surface area contributed by atoms with Crippen molar-refractivity contribution in [2.24, 2.45) is 0 Å². The van der Waals surface area contributed by atoms with Crippen molar-refractivity contribution < 1.29 is 4.74 Å². The van der Waals surface area contributed by atoms with Gasteiger partial charge in [0.05, 0.1) is 7.11 Å². The molecule has 0 N–H and O–H groups in total. The zero-order valence-electron chi connectivity index (χ0n) is 12.1. The first-order chi connectivity index (χ1) is 9.28. The van der Waals surface area contributed by atoms with Gasteiger partial charge in [-0.05, 0) is 48.0 Å². The summed E-state index contributed by atoms with van der Waals surface area (Å²) in [7, 11) is 1.72. The predicted octanol–water partition coefficient (Wildman–Crippen LogP) is 3.73. The number of rotatable bonds is 6. The summed E-state index contributed by atoms with van der Waals surface area (Å²) in [6, 6.07) is 12.8. The van der Waals surface area contributed by atoms with E-state index in [1.54, 1.807) is 7.11 Å². The third-order valence-electron chi connectivity index (χ3n) is 3.77. The van der Waals surface area contributed by atoms with Crippen molar-refractivity contribution in [3.8, 4) is 5.75 Å². The Kier molecular flexibility index (Phi) is 4.80. The van der Waals surface area contributed by atoms with Crippen LogP contribution in [-0.2, 0) is 6.42 Å². The van der Waals surface area contributed by atoms with Gasteiger partial charge in [-0.1, -0.05) is 38.1 Å². The number of hydrogen-bond donors (Lipinski definition) is 0. The molecule has 2 aromatic rings. The van der Waals surface area contributed by atoms with Crippen LogP contribution in [-0.4, -0.2) is 31.6 Å². The van der Waals surface area contributed by atoms with Gasteiger partial charge in [-0.25, -0.2) is 0 Å². The molecule has 0 radical (unpaired) electrons. The van der Waals surface area contributed by atoms with Crippen molar-refractivity contribution in [3.63, 3.8) is 0 Å². The number of hydrogen-bond acceptors (Lipinski definition) is 2. The van der Waals surface area contributed by atoms with Crippen LogP contribution in [0.1, 0.15) is 19.4 Å². The lowest BCUT2D eigenvalue weighted by Crippen LogP contribution is -2.25. The molecular formula is C17H23NO. The minimum Gasteiger partial charge on any atom is -0.497 e. The molecule has 0 aliphatic rings. The molecule has 102 valence electrons. The third kappa shape index (κ3) is 3.27. The Morgan fingerprint density at radius 2 is 1.84 bits per heavy atom. The van der Waals surface area contributed by atoms with E-state index in [0.717, 1.165) is 31.8 Å². The molecule has 0 heterocycles. The Balaban J connectivity index is 2.26. The largest absolute Gasteiger partial charge is 0.497 e. The van der Waals surface area contributed by atoms with E-state index in [4.69, 9.17) is 4.74 Å². The molecule has 0 spiro atoms. The monoisotopic (exact) mass is 257 g/mol. The highest BCUT2D eigenvalue weighted by Crippen LogP contribution is 2.24. The number of benzene rings is 2. The van der Waals surface area contributed by atoms with E-state index in [9.17, 15) is 0 Å². The van der Waals surface area contributed by atoms with Gasteiger partial charge < -0.3 is 9.64 Å². The zero-order valence-corrected chi connectivity index (χ0v) is 12.1. The first-order valence-electron chi connectivity index (χ1n) is 7.06. The summed E-state index contributed by atoms with van der Waals surface area (Å²) >= 11 is 0. The van der Waals surface area contributed by atoms with Gasteiger partial charge in [-0.3, -0.25) is 0 Å². The topological polar surface area (TPSA) is 12.5 Å². The molecule has 0 amide bonds. The SMILES string of the molecule is CCN(CC)CCc1cccc2ccc(OC)cc12. The molecule has 0 aliphatic heterocycles. The molecule has 0 saturated carbocycles. The molecule has 0 unspecified atom stereocenters. The Bertz CT molecular complexity index is 532. The van der Waals surface area contributed by atoms with Crippen molar-refractivity contribution >= 4 is 10.8 Å². The summed E-state index contributed by atoms with van der Waals surface area (Å²) in [6.45, 7) is 7.78. The molecule has 0 aliphatic carbocycles. The molecule has 2 heteroatoms. The predicted molar refractivity (Wildman–Crippen MR) is 82.0 cm³/mol. The lowest BCUT2D eigenvalue weighted by molar-refractivity contribution is 0.308. The zero-order chi connectivity index (χ0) is 13.7. The molecule has 0 bridgehead atoms. The van der Waals surface area contributed by atoms with Crippen LogP contribution in [0.15, 0.2) is 36.4 Å². The smallest absolute Gasteiger partial charge is 0.119 e. The maximum atomic E-state index is 5.33. The van der Waals surface area contributed by atoms with Crippen LogP contribution >= 0.6 is 0 Å². The highest BCUT2D eigenvalue weighted by atomic mass is 16.5. The Hall–Kier alpha value is -1.54. The van der Waals surface area contributed by atoms with Gasteiger partial charge in [0.15, 0.2) is 0 Å². The van der Waals surface area contributed by atoms with E-state index in [-0.39, 0.29) is 0 Å². The average molecular weight is 257 g/mol. The number of nitrogens with zero attached hydrogens (tertiary/aromatic N) is 1. The van der Waals surface area contributed by atoms with Gasteiger partial charge in [0.1, 0.15) is 5.75 Å². The van der Waals surface area contributed by atoms with Crippen LogP contribution in [0.2, 0.25) is 0 Å². The van der Waals surface area contributed by atoms with Crippen LogP contribution in [0.3, 0.4) is 0 Å². The fraction of sp³-hybridized carbons (Fsp3) is 0.412. The highest BCUT2D eigenvalue weighted by molar-refractivity contribution is 5.87. The summed E-state index contributed by atoms with van der Waals surface area (Å²) in [5.74, 6) is 0.933. The molecule has 19 heavy (non-hydrogen) atoms. The average Bonchev–Trinajstić information content (AvgIpc) is 2.47. The summed E-state index contributed by atoms with van der Waals surface area (Å²) in [5.41, 5.74) is 1.41. The molecule has 0 fully saturated rings. The number of methoxy groups -OCH3 is 1. The van der Waals surface area contributed by atoms with Gasteiger partial charge >= 0.3 is 0 Å². The van der Waals surface area contributed by atoms with E-state index in [1.807, 2.05) is 6.07 Å². The van der Waals surface area contributed by atoms with Crippen LogP contribution < -0.4 is 4.74 Å². The molecule has 0 saturated heterocycles. The minimum absolute atomic E-state index is 0.933. The van der Waals surface area contributed by atoms with Crippen molar-refractivity contribution in [2.75, 3.05) is 26.7 Å². The van der Waals surface area contributed by atoms with Gasteiger partial charge in [0, 0.05) is 6.54 Å². The first-order valence-corrected chi connectivity index (χ1v) is 7.06. The van der Waals surface area contributed by atoms with Crippen LogP contribution in [0.4, 0.5) is 0 Å². The lowest BCUT2D eigenvalue weighted by atomic mass is 10.0. The van der Waals surface area contributed by atoms with Gasteiger partial charge in [0.25, 0.3) is 0 Å². The maximum Gasteiger partial charge on any atom is 0.119 e. The molecule has 2 rings (SSSR count). The number of ether oxygens (including phenoxy) is 1. The van der Waals surface area contributed by atoms with Crippen LogP contribution in [0, 0.1) is 0 Å². The molecule has 0 atom stereocenters. The second-order valence-electron chi connectivity index (χ2n) is 4.78. The summed E-state index contributed by atoms with van der Waals surface area (Å²) < 4.78 is 5.33. The summed E-state index contributed by atoms with van der Waals surface area (Å²) in [5, 5.41) is 2.60. The van der Waals surface area contributed by atoms with E-state index in [0.29, 0.717) is 0 Å². The third-order valence-corrected chi connectivity index (χ3v) is 3.77. The maximum absolute atomic E-state index is 5.33. The number of likely N-dealkylation sites (N-methyl/N-ethyl adjacent to an activating group) is 1. The van der Waals surface area contributed by atoms with E-state index < -0.39 is 0 Å². The standard InChI is InChI=1S/C17H23NO/c1-4-18(5-2)12-11-15-8-6-7-14-9-10-16(19-3)13-17(14)15/h6-10,13H,4-5,11-12H2,1-3H3. The summed E-state index contributed by atoms with van der Waals surface area (Å²) in [4.78, 5) is 2.46. The number of fused-ring (bicyclic) bond motifs is 1. The van der Waals surface area contributed by atoms with Crippen LogP contribution in [0.25, 0.3) is 10.8 Å². The molecular weight excluding hydrogens is 234 g/mol. The first kappa shape index (κ1) is 13.9. The van der Waals surface area contributed by atoms with E-state index >= 15 is 0 Å².